The van der Waals surface area contributed by atoms with E-state index in [1.54, 1.807) is 37.3 Å². The molecule has 0 radical (unpaired) electrons. The first-order chi connectivity index (χ1) is 12.4. The first-order valence-corrected chi connectivity index (χ1v) is 8.55. The van der Waals surface area contributed by atoms with E-state index in [9.17, 15) is 14.0 Å². The van der Waals surface area contributed by atoms with Gasteiger partial charge in [-0.3, -0.25) is 4.79 Å². The molecule has 1 unspecified atom stereocenters. The summed E-state index contributed by atoms with van der Waals surface area (Å²) in [5.41, 5.74) is 0.794. The summed E-state index contributed by atoms with van der Waals surface area (Å²) in [6.07, 6.45) is -1.00. The van der Waals surface area contributed by atoms with Gasteiger partial charge in [0.2, 0.25) is 0 Å². The van der Waals surface area contributed by atoms with Gasteiger partial charge >= 0.3 is 5.97 Å². The van der Waals surface area contributed by atoms with Crippen molar-refractivity contribution in [1.29, 1.82) is 0 Å². The fourth-order valence-electron chi connectivity index (χ4n) is 2.14. The van der Waals surface area contributed by atoms with Crippen LogP contribution >= 0.6 is 11.3 Å². The van der Waals surface area contributed by atoms with Crippen LogP contribution in [0, 0.1) is 12.7 Å². The van der Waals surface area contributed by atoms with Crippen LogP contribution in [0.15, 0.2) is 47.0 Å². The van der Waals surface area contributed by atoms with E-state index < -0.39 is 18.0 Å². The molecule has 0 aliphatic carbocycles. The summed E-state index contributed by atoms with van der Waals surface area (Å²) in [5.74, 6) is -0.640. The number of hydrogen-bond donors (Lipinski definition) is 1. The standard InChI is InChI=1S/C18H15FN2O4S/c1-10-9-16(21-25-10)20-17(22)11(2)24-18(23)15-8-7-14(26-15)12-3-5-13(19)6-4-12/h3-9,11H,1-2H3,(H,20,21,22). The van der Waals surface area contributed by atoms with Gasteiger partial charge in [-0.1, -0.05) is 17.3 Å². The molecule has 134 valence electrons. The molecule has 0 spiro atoms. The van der Waals surface area contributed by atoms with Gasteiger partial charge < -0.3 is 14.6 Å². The van der Waals surface area contributed by atoms with Gasteiger partial charge in [0.1, 0.15) is 16.5 Å². The molecule has 1 atom stereocenters. The molecule has 1 N–H and O–H groups in total. The highest BCUT2D eigenvalue weighted by atomic mass is 32.1. The monoisotopic (exact) mass is 374 g/mol. The lowest BCUT2D eigenvalue weighted by atomic mass is 10.2. The fraction of sp³-hybridized carbons (Fsp3) is 0.167. The highest BCUT2D eigenvalue weighted by molar-refractivity contribution is 7.17. The molecule has 0 bridgehead atoms. The number of ether oxygens (including phenoxy) is 1. The second kappa shape index (κ2) is 7.49. The van der Waals surface area contributed by atoms with Gasteiger partial charge in [-0.05, 0) is 43.7 Å². The van der Waals surface area contributed by atoms with Crippen molar-refractivity contribution in [2.24, 2.45) is 0 Å². The third-order valence-electron chi connectivity index (χ3n) is 3.47. The van der Waals surface area contributed by atoms with Crippen LogP contribution in [0.1, 0.15) is 22.4 Å². The highest BCUT2D eigenvalue weighted by Crippen LogP contribution is 2.28. The number of aromatic nitrogens is 1. The number of hydrogen-bond acceptors (Lipinski definition) is 6. The number of thiophene rings is 1. The Kier molecular flexibility index (Phi) is 5.13. The number of nitrogens with one attached hydrogen (secondary N) is 1. The van der Waals surface area contributed by atoms with Gasteiger partial charge in [0.15, 0.2) is 11.9 Å². The number of esters is 1. The van der Waals surface area contributed by atoms with Crippen molar-refractivity contribution in [2.45, 2.75) is 20.0 Å². The van der Waals surface area contributed by atoms with E-state index in [0.717, 1.165) is 10.4 Å². The van der Waals surface area contributed by atoms with Gasteiger partial charge in [-0.25, -0.2) is 9.18 Å². The van der Waals surface area contributed by atoms with Gasteiger partial charge in [0.25, 0.3) is 5.91 Å². The van der Waals surface area contributed by atoms with Crippen LogP contribution in [0.4, 0.5) is 10.2 Å². The Morgan fingerprint density at radius 2 is 1.96 bits per heavy atom. The molecule has 0 saturated carbocycles. The maximum absolute atomic E-state index is 13.0. The molecule has 0 saturated heterocycles. The minimum Gasteiger partial charge on any atom is -0.448 e. The summed E-state index contributed by atoms with van der Waals surface area (Å²) in [5, 5.41) is 6.15. The molecular weight excluding hydrogens is 359 g/mol. The second-order valence-electron chi connectivity index (χ2n) is 5.53. The summed E-state index contributed by atoms with van der Waals surface area (Å²) < 4.78 is 23.0. The van der Waals surface area contributed by atoms with Gasteiger partial charge in [-0.15, -0.1) is 11.3 Å². The molecule has 1 amide bonds. The lowest BCUT2D eigenvalue weighted by Gasteiger charge is -2.11. The average Bonchev–Trinajstić information content (AvgIpc) is 3.25. The number of rotatable bonds is 5. The quantitative estimate of drug-likeness (QED) is 0.682. The van der Waals surface area contributed by atoms with Gasteiger partial charge in [0.05, 0.1) is 0 Å². The number of anilines is 1. The van der Waals surface area contributed by atoms with Crippen LogP contribution < -0.4 is 5.32 Å². The fourth-order valence-corrected chi connectivity index (χ4v) is 3.04. The highest BCUT2D eigenvalue weighted by Gasteiger charge is 2.21. The molecule has 2 heterocycles. The molecular formula is C18H15FN2O4S. The van der Waals surface area contributed by atoms with Gasteiger partial charge in [-0.2, -0.15) is 0 Å². The van der Waals surface area contributed by atoms with Crippen molar-refractivity contribution >= 4 is 29.0 Å². The second-order valence-corrected chi connectivity index (χ2v) is 6.61. The van der Waals surface area contributed by atoms with Crippen molar-refractivity contribution in [3.8, 4) is 10.4 Å². The van der Waals surface area contributed by atoms with Crippen LogP contribution in [0.2, 0.25) is 0 Å². The zero-order valence-electron chi connectivity index (χ0n) is 14.0. The minimum absolute atomic E-state index is 0.255. The Hall–Kier alpha value is -3.00. The molecule has 0 aliphatic rings. The maximum Gasteiger partial charge on any atom is 0.349 e. The zero-order chi connectivity index (χ0) is 18.7. The number of nitrogens with zero attached hydrogens (tertiary/aromatic N) is 1. The van der Waals surface area contributed by atoms with Gasteiger partial charge in [0, 0.05) is 10.9 Å². The molecule has 6 nitrogen and oxygen atoms in total. The van der Waals surface area contributed by atoms with E-state index >= 15 is 0 Å². The number of benzene rings is 1. The Labute approximate surface area is 152 Å². The Morgan fingerprint density at radius 1 is 1.23 bits per heavy atom. The predicted octanol–water partition coefficient (Wildman–Crippen LogP) is 4.03. The van der Waals surface area contributed by atoms with E-state index in [4.69, 9.17) is 9.26 Å². The number of carbonyl (C=O) groups excluding carboxylic acids is 2. The van der Waals surface area contributed by atoms with Crippen molar-refractivity contribution in [2.75, 3.05) is 5.32 Å². The normalized spacial score (nSPS) is 11.8. The average molecular weight is 374 g/mol. The van der Waals surface area contributed by atoms with E-state index in [-0.39, 0.29) is 11.6 Å². The van der Waals surface area contributed by atoms with Crippen molar-refractivity contribution in [3.63, 3.8) is 0 Å². The Balaban J connectivity index is 1.62. The van der Waals surface area contributed by atoms with E-state index in [0.29, 0.717) is 10.6 Å². The van der Waals surface area contributed by atoms with E-state index in [1.807, 2.05) is 0 Å². The Bertz CT molecular complexity index is 933. The summed E-state index contributed by atoms with van der Waals surface area (Å²) in [7, 11) is 0. The third-order valence-corrected chi connectivity index (χ3v) is 4.58. The lowest BCUT2D eigenvalue weighted by molar-refractivity contribution is -0.123. The molecule has 0 fully saturated rings. The summed E-state index contributed by atoms with van der Waals surface area (Å²) in [6, 6.07) is 10.9. The van der Waals surface area contributed by atoms with Crippen LogP contribution in [0.3, 0.4) is 0 Å². The number of halogens is 1. The molecule has 3 rings (SSSR count). The van der Waals surface area contributed by atoms with Crippen molar-refractivity contribution in [1.82, 2.24) is 5.16 Å². The summed E-state index contributed by atoms with van der Waals surface area (Å²) >= 11 is 1.20. The smallest absolute Gasteiger partial charge is 0.349 e. The largest absolute Gasteiger partial charge is 0.448 e. The Morgan fingerprint density at radius 3 is 2.62 bits per heavy atom. The zero-order valence-corrected chi connectivity index (χ0v) is 14.8. The molecule has 3 aromatic rings. The predicted molar refractivity (Wildman–Crippen MR) is 94.5 cm³/mol. The maximum atomic E-state index is 13.0. The van der Waals surface area contributed by atoms with E-state index in [2.05, 4.69) is 10.5 Å². The van der Waals surface area contributed by atoms with Crippen molar-refractivity contribution < 1.29 is 23.2 Å². The topological polar surface area (TPSA) is 81.4 Å². The minimum atomic E-state index is -1.00. The lowest BCUT2D eigenvalue weighted by Crippen LogP contribution is -2.29. The number of carbonyl (C=O) groups is 2. The van der Waals surface area contributed by atoms with E-state index in [1.165, 1.54) is 30.4 Å². The first kappa shape index (κ1) is 17.8. The van der Waals surface area contributed by atoms with Crippen LogP contribution in [0.5, 0.6) is 0 Å². The van der Waals surface area contributed by atoms with Crippen molar-refractivity contribution in [3.05, 3.63) is 58.9 Å². The molecule has 8 heteroatoms. The number of amides is 1. The first-order valence-electron chi connectivity index (χ1n) is 7.73. The number of aryl methyl sites for hydroxylation is 1. The third kappa shape index (κ3) is 4.15. The van der Waals surface area contributed by atoms with Crippen LogP contribution in [0.25, 0.3) is 10.4 Å². The van der Waals surface area contributed by atoms with Crippen LogP contribution in [-0.4, -0.2) is 23.1 Å². The SMILES string of the molecule is Cc1cc(NC(=O)C(C)OC(=O)c2ccc(-c3ccc(F)cc3)s2)no1. The molecule has 0 aliphatic heterocycles. The molecule has 26 heavy (non-hydrogen) atoms. The summed E-state index contributed by atoms with van der Waals surface area (Å²) in [4.78, 5) is 25.4. The summed E-state index contributed by atoms with van der Waals surface area (Å²) in [6.45, 7) is 3.16. The molecule has 2 aromatic heterocycles. The molecule has 1 aromatic carbocycles. The van der Waals surface area contributed by atoms with Crippen LogP contribution in [-0.2, 0) is 9.53 Å².